The van der Waals surface area contributed by atoms with Crippen molar-refractivity contribution in [2.24, 2.45) is 0 Å². The number of ether oxygens (including phenoxy) is 2. The molecule has 0 aliphatic heterocycles. The standard InChI is InChI=1S/C27H23BrFN3O4/c1-16-4-9-23(17(2)10-16)32-25(33)15-36-26-22(28)12-18(13-24(26)35-3)11-19(14-30)27(34)31-21-7-5-20(29)6-8-21/h4-13H,15H2,1-3H3,(H,31,34)(H,32,33)/b19-11+. The SMILES string of the molecule is COc1cc(/C=C(\C#N)C(=O)Nc2ccc(F)cc2)cc(Br)c1OCC(=O)Nc1ccc(C)cc1C. The lowest BCUT2D eigenvalue weighted by molar-refractivity contribution is -0.118. The number of hydrogen-bond acceptors (Lipinski definition) is 5. The van der Waals surface area contributed by atoms with Crippen molar-refractivity contribution >= 4 is 45.2 Å². The van der Waals surface area contributed by atoms with Gasteiger partial charge >= 0.3 is 0 Å². The molecule has 0 spiro atoms. The van der Waals surface area contributed by atoms with Gasteiger partial charge in [0.25, 0.3) is 11.8 Å². The Bertz CT molecular complexity index is 1360. The number of rotatable bonds is 8. The Morgan fingerprint density at radius 3 is 2.44 bits per heavy atom. The number of nitrogens with one attached hydrogen (secondary N) is 2. The van der Waals surface area contributed by atoms with Gasteiger partial charge in [0.15, 0.2) is 18.1 Å². The Hall–Kier alpha value is -4.16. The van der Waals surface area contributed by atoms with Gasteiger partial charge in [-0.3, -0.25) is 9.59 Å². The fraction of sp³-hybridized carbons (Fsp3) is 0.148. The number of anilines is 2. The average molecular weight is 552 g/mol. The quantitative estimate of drug-likeness (QED) is 0.273. The lowest BCUT2D eigenvalue weighted by Crippen LogP contribution is -2.21. The summed E-state index contributed by atoms with van der Waals surface area (Å²) in [6.45, 7) is 3.62. The van der Waals surface area contributed by atoms with E-state index in [0.717, 1.165) is 11.1 Å². The molecule has 2 amide bonds. The van der Waals surface area contributed by atoms with Crippen LogP contribution in [0.1, 0.15) is 16.7 Å². The molecule has 0 aliphatic rings. The number of amides is 2. The molecular formula is C27H23BrFN3O4. The van der Waals surface area contributed by atoms with Gasteiger partial charge in [0.05, 0.1) is 11.6 Å². The van der Waals surface area contributed by atoms with Crippen LogP contribution in [0.2, 0.25) is 0 Å². The molecule has 3 aromatic carbocycles. The third-order valence-electron chi connectivity index (χ3n) is 5.03. The van der Waals surface area contributed by atoms with Gasteiger partial charge in [-0.05, 0) is 89.4 Å². The van der Waals surface area contributed by atoms with Gasteiger partial charge in [0, 0.05) is 11.4 Å². The molecule has 7 nitrogen and oxygen atoms in total. The van der Waals surface area contributed by atoms with Gasteiger partial charge in [-0.1, -0.05) is 17.7 Å². The highest BCUT2D eigenvalue weighted by atomic mass is 79.9. The van der Waals surface area contributed by atoms with Gasteiger partial charge in [0.1, 0.15) is 17.5 Å². The molecule has 0 bridgehead atoms. The molecule has 0 fully saturated rings. The molecule has 0 atom stereocenters. The maximum absolute atomic E-state index is 13.1. The summed E-state index contributed by atoms with van der Waals surface area (Å²) < 4.78 is 24.6. The van der Waals surface area contributed by atoms with Crippen molar-refractivity contribution in [2.75, 3.05) is 24.4 Å². The van der Waals surface area contributed by atoms with E-state index in [-0.39, 0.29) is 18.1 Å². The van der Waals surface area contributed by atoms with Gasteiger partial charge in [0.2, 0.25) is 0 Å². The average Bonchev–Trinajstić information content (AvgIpc) is 2.84. The van der Waals surface area contributed by atoms with Crippen LogP contribution < -0.4 is 20.1 Å². The molecule has 0 unspecified atom stereocenters. The van der Waals surface area contributed by atoms with Crippen molar-refractivity contribution in [3.05, 3.63) is 87.2 Å². The van der Waals surface area contributed by atoms with Crippen LogP contribution in [0.5, 0.6) is 11.5 Å². The van der Waals surface area contributed by atoms with E-state index in [1.54, 1.807) is 12.1 Å². The van der Waals surface area contributed by atoms with E-state index >= 15 is 0 Å². The largest absolute Gasteiger partial charge is 0.493 e. The molecule has 9 heteroatoms. The Morgan fingerprint density at radius 1 is 1.08 bits per heavy atom. The number of hydrogen-bond donors (Lipinski definition) is 2. The molecule has 0 aliphatic carbocycles. The number of methoxy groups -OCH3 is 1. The molecule has 0 saturated heterocycles. The van der Waals surface area contributed by atoms with E-state index in [2.05, 4.69) is 26.6 Å². The molecule has 0 saturated carbocycles. The molecule has 0 heterocycles. The van der Waals surface area contributed by atoms with Crippen LogP contribution in [-0.4, -0.2) is 25.5 Å². The number of carbonyl (C=O) groups is 2. The summed E-state index contributed by atoms with van der Waals surface area (Å²) in [6, 6.07) is 16.0. The summed E-state index contributed by atoms with van der Waals surface area (Å²) >= 11 is 3.40. The van der Waals surface area contributed by atoms with E-state index in [0.29, 0.717) is 32.9 Å². The second kappa shape index (κ2) is 12.0. The van der Waals surface area contributed by atoms with Crippen LogP contribution in [0.4, 0.5) is 15.8 Å². The minimum Gasteiger partial charge on any atom is -0.493 e. The summed E-state index contributed by atoms with van der Waals surface area (Å²) in [5, 5.41) is 14.8. The zero-order valence-corrected chi connectivity index (χ0v) is 21.4. The summed E-state index contributed by atoms with van der Waals surface area (Å²) in [5.41, 5.74) is 3.39. The van der Waals surface area contributed by atoms with Gasteiger partial charge in [-0.25, -0.2) is 4.39 Å². The predicted molar refractivity (Wildman–Crippen MR) is 139 cm³/mol. The summed E-state index contributed by atoms with van der Waals surface area (Å²) in [7, 11) is 1.43. The highest BCUT2D eigenvalue weighted by Gasteiger charge is 2.16. The van der Waals surface area contributed by atoms with E-state index < -0.39 is 11.7 Å². The number of nitrogens with zero attached hydrogens (tertiary/aromatic N) is 1. The van der Waals surface area contributed by atoms with Crippen LogP contribution in [0.3, 0.4) is 0 Å². The molecule has 36 heavy (non-hydrogen) atoms. The van der Waals surface area contributed by atoms with Crippen LogP contribution in [-0.2, 0) is 9.59 Å². The Labute approximate surface area is 216 Å². The minimum atomic E-state index is -0.650. The number of carbonyl (C=O) groups excluding carboxylic acids is 2. The van der Waals surface area contributed by atoms with E-state index in [1.165, 1.54) is 37.5 Å². The number of halogens is 2. The second-order valence-corrected chi connectivity index (χ2v) is 8.67. The summed E-state index contributed by atoms with van der Waals surface area (Å²) in [4.78, 5) is 24.9. The fourth-order valence-electron chi connectivity index (χ4n) is 3.29. The van der Waals surface area contributed by atoms with Crippen molar-refractivity contribution < 1.29 is 23.5 Å². The van der Waals surface area contributed by atoms with Crippen LogP contribution in [0, 0.1) is 31.0 Å². The zero-order valence-electron chi connectivity index (χ0n) is 19.8. The highest BCUT2D eigenvalue weighted by molar-refractivity contribution is 9.10. The third kappa shape index (κ3) is 6.93. The first-order valence-corrected chi connectivity index (χ1v) is 11.6. The normalized spacial score (nSPS) is 10.8. The fourth-order valence-corrected chi connectivity index (χ4v) is 3.86. The topological polar surface area (TPSA) is 100 Å². The van der Waals surface area contributed by atoms with E-state index in [9.17, 15) is 19.2 Å². The Balaban J connectivity index is 1.73. The minimum absolute atomic E-state index is 0.171. The van der Waals surface area contributed by atoms with Gasteiger partial charge in [-0.2, -0.15) is 5.26 Å². The van der Waals surface area contributed by atoms with Crippen molar-refractivity contribution in [3.8, 4) is 17.6 Å². The first-order valence-electron chi connectivity index (χ1n) is 10.8. The lowest BCUT2D eigenvalue weighted by atomic mass is 10.1. The van der Waals surface area contributed by atoms with Crippen molar-refractivity contribution in [1.82, 2.24) is 0 Å². The molecule has 0 aromatic heterocycles. The van der Waals surface area contributed by atoms with Crippen molar-refractivity contribution in [2.45, 2.75) is 13.8 Å². The summed E-state index contributed by atoms with van der Waals surface area (Å²) in [6.07, 6.45) is 1.38. The Morgan fingerprint density at radius 2 is 1.81 bits per heavy atom. The van der Waals surface area contributed by atoms with Crippen molar-refractivity contribution in [1.29, 1.82) is 5.26 Å². The monoisotopic (exact) mass is 551 g/mol. The van der Waals surface area contributed by atoms with Crippen molar-refractivity contribution in [3.63, 3.8) is 0 Å². The maximum atomic E-state index is 13.1. The molecule has 0 radical (unpaired) electrons. The second-order valence-electron chi connectivity index (χ2n) is 7.82. The summed E-state index contributed by atoms with van der Waals surface area (Å²) in [5.74, 6) is -0.844. The molecule has 184 valence electrons. The number of aryl methyl sites for hydroxylation is 2. The van der Waals surface area contributed by atoms with Gasteiger partial charge in [-0.15, -0.1) is 0 Å². The van der Waals surface area contributed by atoms with Crippen LogP contribution in [0.25, 0.3) is 6.08 Å². The number of nitriles is 1. The van der Waals surface area contributed by atoms with Crippen LogP contribution >= 0.6 is 15.9 Å². The molecular weight excluding hydrogens is 529 g/mol. The molecule has 3 rings (SSSR count). The van der Waals surface area contributed by atoms with Crippen LogP contribution in [0.15, 0.2) is 64.6 Å². The van der Waals surface area contributed by atoms with E-state index in [4.69, 9.17) is 9.47 Å². The third-order valence-corrected chi connectivity index (χ3v) is 5.62. The Kier molecular flexibility index (Phi) is 8.81. The predicted octanol–water partition coefficient (Wildman–Crippen LogP) is 5.78. The first-order chi connectivity index (χ1) is 17.2. The highest BCUT2D eigenvalue weighted by Crippen LogP contribution is 2.37. The molecule has 3 aromatic rings. The smallest absolute Gasteiger partial charge is 0.266 e. The maximum Gasteiger partial charge on any atom is 0.266 e. The first kappa shape index (κ1) is 26.4. The molecule has 2 N–H and O–H groups in total. The van der Waals surface area contributed by atoms with Gasteiger partial charge < -0.3 is 20.1 Å². The number of benzene rings is 3. The van der Waals surface area contributed by atoms with E-state index in [1.807, 2.05) is 38.1 Å². The lowest BCUT2D eigenvalue weighted by Gasteiger charge is -2.14. The zero-order chi connectivity index (χ0) is 26.2.